The maximum atomic E-state index is 10.9. The molecule has 0 aromatic heterocycles. The Kier molecular flexibility index (Phi) is 9.12. The van der Waals surface area contributed by atoms with Crippen LogP contribution >= 0.6 is 0 Å². The molecule has 1 rings (SSSR count). The van der Waals surface area contributed by atoms with Gasteiger partial charge in [0.2, 0.25) is 0 Å². The summed E-state index contributed by atoms with van der Waals surface area (Å²) in [5, 5.41) is 75.9. The molecule has 9 atom stereocenters. The molecule has 0 spiro atoms. The Morgan fingerprint density at radius 2 is 1.62 bits per heavy atom. The van der Waals surface area contributed by atoms with Gasteiger partial charge < -0.3 is 40.9 Å². The minimum absolute atomic E-state index is 0.0861. The van der Waals surface area contributed by atoms with Crippen LogP contribution in [0.2, 0.25) is 0 Å². The van der Waals surface area contributed by atoms with E-state index in [9.17, 15) is 39.1 Å². The van der Waals surface area contributed by atoms with E-state index in [1.807, 2.05) is 0 Å². The van der Waals surface area contributed by atoms with E-state index < -0.39 is 88.2 Å². The van der Waals surface area contributed by atoms with Crippen molar-refractivity contribution in [1.29, 1.82) is 0 Å². The Balaban J connectivity index is 2.98. The molecule has 9 N–H and O–H groups in total. The van der Waals surface area contributed by atoms with Gasteiger partial charge in [0.1, 0.15) is 54.2 Å². The second-order valence-electron chi connectivity index (χ2n) is 5.94. The van der Waals surface area contributed by atoms with Crippen molar-refractivity contribution in [2.45, 2.75) is 48.0 Å². The molecule has 1 aliphatic rings. The van der Waals surface area contributed by atoms with Crippen LogP contribution in [0.1, 0.15) is 0 Å². The van der Waals surface area contributed by atoms with Gasteiger partial charge in [-0.1, -0.05) is 0 Å². The Bertz CT molecular complexity index is 530. The zero-order valence-corrected chi connectivity index (χ0v) is 15.1. The van der Waals surface area contributed by atoms with Crippen LogP contribution in [0.25, 0.3) is 0 Å². The lowest BCUT2D eigenvalue weighted by Gasteiger charge is -2.28. The zero-order valence-electron chi connectivity index (χ0n) is 13.5. The molecular weight excluding hydrogens is 400 g/mol. The van der Waals surface area contributed by atoms with E-state index in [2.05, 4.69) is 4.18 Å². The van der Waals surface area contributed by atoms with Crippen LogP contribution in [0.3, 0.4) is 0 Å². The molecule has 14 heteroatoms. The average molecular weight is 425 g/mol. The number of aliphatic hydroxyl groups excluding tert-OH is 8. The minimum atomic E-state index is -5.14. The SMILES string of the molecule is O=S(=O)(O)O[C@@H]([C@H](O)[C@H](O)CO)[C@@H](O)C[S+]1C[C@@H](O)[C@@H](O)[C@@H]1[C@@H](O)CO. The lowest BCUT2D eigenvalue weighted by molar-refractivity contribution is -0.1000. The molecule has 0 saturated carbocycles. The topological polar surface area (TPSA) is 225 Å². The first-order valence-electron chi connectivity index (χ1n) is 7.55. The van der Waals surface area contributed by atoms with E-state index >= 15 is 0 Å². The Morgan fingerprint density at radius 1 is 1.04 bits per heavy atom. The highest BCUT2D eigenvalue weighted by atomic mass is 32.3. The molecule has 1 aliphatic heterocycles. The van der Waals surface area contributed by atoms with Gasteiger partial charge in [-0.25, -0.2) is 4.18 Å². The number of aliphatic hydroxyl groups is 8. The van der Waals surface area contributed by atoms with Gasteiger partial charge >= 0.3 is 10.4 Å². The molecule has 0 amide bonds. The van der Waals surface area contributed by atoms with Crippen LogP contribution in [0.5, 0.6) is 0 Å². The van der Waals surface area contributed by atoms with Crippen molar-refractivity contribution in [2.24, 2.45) is 0 Å². The summed E-state index contributed by atoms with van der Waals surface area (Å²) in [5.41, 5.74) is 0. The first-order chi connectivity index (χ1) is 11.9. The van der Waals surface area contributed by atoms with Crippen LogP contribution < -0.4 is 0 Å². The summed E-state index contributed by atoms with van der Waals surface area (Å²) in [6, 6.07) is 0. The van der Waals surface area contributed by atoms with E-state index in [4.69, 9.17) is 14.8 Å². The van der Waals surface area contributed by atoms with Gasteiger partial charge in [-0.05, 0) is 0 Å². The van der Waals surface area contributed by atoms with E-state index in [0.29, 0.717) is 0 Å². The third-order valence-corrected chi connectivity index (χ3v) is 7.35. The smallest absolute Gasteiger partial charge is 0.394 e. The van der Waals surface area contributed by atoms with Crippen molar-refractivity contribution in [3.05, 3.63) is 0 Å². The molecule has 0 aliphatic carbocycles. The van der Waals surface area contributed by atoms with Crippen LogP contribution in [0.4, 0.5) is 0 Å². The standard InChI is InChI=1S/C12H24O12S2/c13-1-5(15)9(19)11(24-26(21,22)23)8(18)4-25-3-7(17)10(20)12(25)6(16)2-14/h5-20H,1-4H2/p+1/t5-,6+,7-,8+,9-,10-,11-,12+,25?/m1/s1. The summed E-state index contributed by atoms with van der Waals surface area (Å²) in [7, 11) is -6.28. The third-order valence-electron chi connectivity index (χ3n) is 3.98. The Labute approximate surface area is 152 Å². The molecule has 0 aromatic rings. The van der Waals surface area contributed by atoms with E-state index in [0.717, 1.165) is 0 Å². The fraction of sp³-hybridized carbons (Fsp3) is 1.00. The van der Waals surface area contributed by atoms with Crippen molar-refractivity contribution >= 4 is 21.3 Å². The van der Waals surface area contributed by atoms with Gasteiger partial charge in [0, 0.05) is 10.9 Å². The van der Waals surface area contributed by atoms with Crippen molar-refractivity contribution in [3.63, 3.8) is 0 Å². The van der Waals surface area contributed by atoms with Gasteiger partial charge in [0.25, 0.3) is 0 Å². The number of rotatable bonds is 10. The summed E-state index contributed by atoms with van der Waals surface area (Å²) in [5.74, 6) is -0.484. The second kappa shape index (κ2) is 9.90. The monoisotopic (exact) mass is 425 g/mol. The lowest BCUT2D eigenvalue weighted by atomic mass is 10.0. The molecular formula is C12H25O12S2+. The quantitative estimate of drug-likeness (QED) is 0.118. The number of hydrogen-bond donors (Lipinski definition) is 9. The predicted molar refractivity (Wildman–Crippen MR) is 87.5 cm³/mol. The predicted octanol–water partition coefficient (Wildman–Crippen LogP) is -5.68. The largest absolute Gasteiger partial charge is 0.397 e. The lowest BCUT2D eigenvalue weighted by Crippen LogP contribution is -2.52. The molecule has 12 nitrogen and oxygen atoms in total. The third kappa shape index (κ3) is 6.22. The molecule has 1 saturated heterocycles. The van der Waals surface area contributed by atoms with Gasteiger partial charge in [0.05, 0.1) is 13.2 Å². The Morgan fingerprint density at radius 3 is 2.08 bits per heavy atom. The molecule has 0 bridgehead atoms. The van der Waals surface area contributed by atoms with Crippen molar-refractivity contribution in [2.75, 3.05) is 24.7 Å². The Hall–Kier alpha value is -0.100. The molecule has 1 heterocycles. The number of hydrogen-bond acceptors (Lipinski definition) is 11. The first-order valence-corrected chi connectivity index (χ1v) is 10.5. The van der Waals surface area contributed by atoms with Crippen LogP contribution in [-0.2, 0) is 25.5 Å². The molecule has 0 radical (unpaired) electrons. The summed E-state index contributed by atoms with van der Waals surface area (Å²) in [6.45, 7) is -1.72. The summed E-state index contributed by atoms with van der Waals surface area (Å²) >= 11 is 0. The molecule has 0 aromatic carbocycles. The van der Waals surface area contributed by atoms with E-state index in [-0.39, 0.29) is 5.75 Å². The molecule has 1 fully saturated rings. The molecule has 156 valence electrons. The van der Waals surface area contributed by atoms with Crippen LogP contribution in [0, 0.1) is 0 Å². The fourth-order valence-corrected chi connectivity index (χ4v) is 6.18. The fourth-order valence-electron chi connectivity index (χ4n) is 2.71. The van der Waals surface area contributed by atoms with Crippen molar-refractivity contribution in [1.82, 2.24) is 0 Å². The maximum Gasteiger partial charge on any atom is 0.397 e. The highest BCUT2D eigenvalue weighted by Gasteiger charge is 2.54. The summed E-state index contributed by atoms with van der Waals surface area (Å²) < 4.78 is 34.9. The van der Waals surface area contributed by atoms with Crippen LogP contribution in [0.15, 0.2) is 0 Å². The minimum Gasteiger partial charge on any atom is -0.394 e. The van der Waals surface area contributed by atoms with Crippen molar-refractivity contribution < 1.29 is 58.0 Å². The summed E-state index contributed by atoms with van der Waals surface area (Å²) in [6.07, 6.45) is -12.0. The van der Waals surface area contributed by atoms with Gasteiger partial charge in [-0.15, -0.1) is 0 Å². The molecule has 1 unspecified atom stereocenters. The van der Waals surface area contributed by atoms with Gasteiger partial charge in [0.15, 0.2) is 5.25 Å². The van der Waals surface area contributed by atoms with Crippen LogP contribution in [-0.4, -0.2) is 127 Å². The van der Waals surface area contributed by atoms with Gasteiger partial charge in [-0.3, -0.25) is 4.55 Å². The van der Waals surface area contributed by atoms with E-state index in [1.165, 1.54) is 0 Å². The van der Waals surface area contributed by atoms with Crippen molar-refractivity contribution in [3.8, 4) is 0 Å². The highest BCUT2D eigenvalue weighted by molar-refractivity contribution is 7.97. The maximum absolute atomic E-state index is 10.9. The average Bonchev–Trinajstić information content (AvgIpc) is 2.83. The summed E-state index contributed by atoms with van der Waals surface area (Å²) in [4.78, 5) is 0. The molecule has 26 heavy (non-hydrogen) atoms. The zero-order chi connectivity index (χ0) is 20.2. The van der Waals surface area contributed by atoms with Gasteiger partial charge in [-0.2, -0.15) is 8.42 Å². The highest BCUT2D eigenvalue weighted by Crippen LogP contribution is 2.28. The first kappa shape index (κ1) is 23.9. The second-order valence-corrected chi connectivity index (χ2v) is 9.27. The normalized spacial score (nSPS) is 32.8. The van der Waals surface area contributed by atoms with E-state index in [1.54, 1.807) is 0 Å².